The van der Waals surface area contributed by atoms with Crippen molar-refractivity contribution in [3.05, 3.63) is 11.7 Å². The number of amides is 1. The number of carbonyl (C=O) groups is 1. The Morgan fingerprint density at radius 2 is 1.92 bits per heavy atom. The zero-order valence-electron chi connectivity index (χ0n) is 15.0. The van der Waals surface area contributed by atoms with E-state index >= 15 is 0 Å². The summed E-state index contributed by atoms with van der Waals surface area (Å²) in [5.74, 6) is 1.29. The van der Waals surface area contributed by atoms with Gasteiger partial charge in [0.25, 0.3) is 0 Å². The third-order valence-corrected chi connectivity index (χ3v) is 3.84. The van der Waals surface area contributed by atoms with Crippen molar-refractivity contribution in [3.63, 3.8) is 0 Å². The molecule has 0 aromatic carbocycles. The van der Waals surface area contributed by atoms with Crippen molar-refractivity contribution in [1.82, 2.24) is 19.9 Å². The summed E-state index contributed by atoms with van der Waals surface area (Å²) in [4.78, 5) is 20.4. The van der Waals surface area contributed by atoms with Crippen LogP contribution in [-0.4, -0.2) is 64.7 Å². The molecule has 0 aliphatic carbocycles. The van der Waals surface area contributed by atoms with Gasteiger partial charge >= 0.3 is 0 Å². The van der Waals surface area contributed by atoms with Crippen molar-refractivity contribution in [2.45, 2.75) is 45.9 Å². The summed E-state index contributed by atoms with van der Waals surface area (Å²) >= 11 is 0. The molecule has 0 spiro atoms. The van der Waals surface area contributed by atoms with E-state index in [4.69, 9.17) is 15.0 Å². The van der Waals surface area contributed by atoms with E-state index in [0.717, 1.165) is 13.1 Å². The summed E-state index contributed by atoms with van der Waals surface area (Å²) in [5.41, 5.74) is 5.68. The number of halogens is 2. The second-order valence-corrected chi connectivity index (χ2v) is 5.98. The predicted molar refractivity (Wildman–Crippen MR) is 99.0 cm³/mol. The summed E-state index contributed by atoms with van der Waals surface area (Å²) in [7, 11) is 0. The minimum atomic E-state index is -0.162. The van der Waals surface area contributed by atoms with E-state index in [-0.39, 0.29) is 42.9 Å². The molecule has 1 amide bonds. The van der Waals surface area contributed by atoms with Crippen molar-refractivity contribution < 1.29 is 14.1 Å². The predicted octanol–water partition coefficient (Wildman–Crippen LogP) is 1.39. The Hall–Kier alpha value is -0.930. The van der Waals surface area contributed by atoms with Gasteiger partial charge in [-0.2, -0.15) is 4.98 Å². The number of hydrogen-bond donors (Lipinski definition) is 1. The maximum atomic E-state index is 12.0. The zero-order chi connectivity index (χ0) is 16.8. The Bertz CT molecular complexity index is 507. The molecule has 1 aromatic heterocycles. The SMILES string of the molecule is CCOC(C)c1noc(CN2CCN(C(=O)CC(C)N)CC2)n1.Cl.Cl. The molecule has 1 fully saturated rings. The van der Waals surface area contributed by atoms with E-state index in [9.17, 15) is 4.79 Å². The number of nitrogens with two attached hydrogens (primary N) is 1. The second kappa shape index (κ2) is 11.6. The maximum absolute atomic E-state index is 12.0. The number of aromatic nitrogens is 2. The lowest BCUT2D eigenvalue weighted by molar-refractivity contribution is -0.133. The number of rotatable bonds is 7. The molecule has 2 atom stereocenters. The van der Waals surface area contributed by atoms with Gasteiger partial charge in [0, 0.05) is 45.2 Å². The summed E-state index contributed by atoms with van der Waals surface area (Å²) in [6.45, 7) is 9.91. The monoisotopic (exact) mass is 397 g/mol. The molecule has 2 unspecified atom stereocenters. The van der Waals surface area contributed by atoms with Crippen LogP contribution in [0.15, 0.2) is 4.52 Å². The Kier molecular flexibility index (Phi) is 11.2. The summed E-state index contributed by atoms with van der Waals surface area (Å²) < 4.78 is 10.7. The van der Waals surface area contributed by atoms with Gasteiger partial charge < -0.3 is 19.9 Å². The van der Waals surface area contributed by atoms with Crippen LogP contribution in [0.1, 0.15) is 45.0 Å². The van der Waals surface area contributed by atoms with Gasteiger partial charge in [-0.1, -0.05) is 5.16 Å². The average Bonchev–Trinajstić information content (AvgIpc) is 2.96. The molecule has 2 heterocycles. The van der Waals surface area contributed by atoms with E-state index in [1.165, 1.54) is 0 Å². The van der Waals surface area contributed by atoms with Gasteiger partial charge in [0.15, 0.2) is 5.82 Å². The number of hydrogen-bond acceptors (Lipinski definition) is 7. The van der Waals surface area contributed by atoms with Crippen molar-refractivity contribution in [1.29, 1.82) is 0 Å². The van der Waals surface area contributed by atoms with Crippen LogP contribution in [0.4, 0.5) is 0 Å². The van der Waals surface area contributed by atoms with Gasteiger partial charge in [-0.3, -0.25) is 9.69 Å². The van der Waals surface area contributed by atoms with Gasteiger partial charge in [-0.25, -0.2) is 0 Å². The van der Waals surface area contributed by atoms with E-state index in [1.807, 2.05) is 25.7 Å². The molecule has 1 saturated heterocycles. The molecule has 1 aliphatic rings. The van der Waals surface area contributed by atoms with Crippen molar-refractivity contribution in [3.8, 4) is 0 Å². The highest BCUT2D eigenvalue weighted by Gasteiger charge is 2.23. The molecule has 0 bridgehead atoms. The van der Waals surface area contributed by atoms with Crippen LogP contribution in [-0.2, 0) is 16.1 Å². The lowest BCUT2D eigenvalue weighted by Gasteiger charge is -2.34. The molecule has 10 heteroatoms. The first-order valence-electron chi connectivity index (χ1n) is 8.19. The normalized spacial score (nSPS) is 17.4. The maximum Gasteiger partial charge on any atom is 0.240 e. The molecule has 2 N–H and O–H groups in total. The molecule has 2 rings (SSSR count). The fourth-order valence-corrected chi connectivity index (χ4v) is 2.57. The highest BCUT2D eigenvalue weighted by molar-refractivity contribution is 5.85. The first-order chi connectivity index (χ1) is 11.0. The highest BCUT2D eigenvalue weighted by atomic mass is 35.5. The van der Waals surface area contributed by atoms with Crippen molar-refractivity contribution >= 4 is 30.7 Å². The lowest BCUT2D eigenvalue weighted by Crippen LogP contribution is -2.49. The van der Waals surface area contributed by atoms with E-state index in [0.29, 0.717) is 44.4 Å². The number of ether oxygens (including phenoxy) is 1. The molecule has 146 valence electrons. The molecular formula is C15H29Cl2N5O3. The van der Waals surface area contributed by atoms with Crippen LogP contribution in [0.5, 0.6) is 0 Å². The third kappa shape index (κ3) is 7.45. The molecule has 25 heavy (non-hydrogen) atoms. The quantitative estimate of drug-likeness (QED) is 0.741. The van der Waals surface area contributed by atoms with Gasteiger partial charge in [0.1, 0.15) is 6.10 Å². The van der Waals surface area contributed by atoms with Gasteiger partial charge in [-0.15, -0.1) is 24.8 Å². The first kappa shape index (κ1) is 24.1. The van der Waals surface area contributed by atoms with Gasteiger partial charge in [0.05, 0.1) is 6.54 Å². The Balaban J connectivity index is 0.00000288. The van der Waals surface area contributed by atoms with Crippen LogP contribution < -0.4 is 5.73 Å². The molecule has 0 radical (unpaired) electrons. The summed E-state index contributed by atoms with van der Waals surface area (Å²) in [6.07, 6.45) is 0.243. The van der Waals surface area contributed by atoms with Crippen molar-refractivity contribution in [2.75, 3.05) is 32.8 Å². The first-order valence-corrected chi connectivity index (χ1v) is 8.19. The zero-order valence-corrected chi connectivity index (χ0v) is 16.6. The highest BCUT2D eigenvalue weighted by Crippen LogP contribution is 2.14. The van der Waals surface area contributed by atoms with Crippen LogP contribution in [0.25, 0.3) is 0 Å². The minimum Gasteiger partial charge on any atom is -0.371 e. The standard InChI is InChI=1S/C15H27N5O3.2ClH/c1-4-22-12(3)15-17-13(23-18-15)10-19-5-7-20(8-6-19)14(21)9-11(2)16;;/h11-12H,4-10,16H2,1-3H3;2*1H. The lowest BCUT2D eigenvalue weighted by atomic mass is 10.2. The van der Waals surface area contributed by atoms with Crippen LogP contribution in [0.3, 0.4) is 0 Å². The second-order valence-electron chi connectivity index (χ2n) is 5.98. The molecular weight excluding hydrogens is 369 g/mol. The van der Waals surface area contributed by atoms with Gasteiger partial charge in [0.2, 0.25) is 11.8 Å². The Morgan fingerprint density at radius 3 is 2.48 bits per heavy atom. The van der Waals surface area contributed by atoms with Gasteiger partial charge in [-0.05, 0) is 20.8 Å². The van der Waals surface area contributed by atoms with E-state index < -0.39 is 0 Å². The molecule has 0 saturated carbocycles. The Morgan fingerprint density at radius 1 is 1.28 bits per heavy atom. The molecule has 8 nitrogen and oxygen atoms in total. The fourth-order valence-electron chi connectivity index (χ4n) is 2.57. The van der Waals surface area contributed by atoms with E-state index in [2.05, 4.69) is 15.0 Å². The smallest absolute Gasteiger partial charge is 0.240 e. The number of carbonyl (C=O) groups excluding carboxylic acids is 1. The number of piperazine rings is 1. The average molecular weight is 398 g/mol. The summed E-state index contributed by atoms with van der Waals surface area (Å²) in [5, 5.41) is 3.96. The fraction of sp³-hybridized carbons (Fsp3) is 0.800. The Labute approximate surface area is 161 Å². The molecule has 1 aromatic rings. The van der Waals surface area contributed by atoms with Crippen molar-refractivity contribution in [2.24, 2.45) is 5.73 Å². The number of nitrogens with zero attached hydrogens (tertiary/aromatic N) is 4. The third-order valence-electron chi connectivity index (χ3n) is 3.84. The molecule has 1 aliphatic heterocycles. The van der Waals surface area contributed by atoms with Crippen LogP contribution >= 0.6 is 24.8 Å². The van der Waals surface area contributed by atoms with E-state index in [1.54, 1.807) is 0 Å². The minimum absolute atomic E-state index is 0. The van der Waals surface area contributed by atoms with Crippen LogP contribution in [0.2, 0.25) is 0 Å². The topological polar surface area (TPSA) is 97.7 Å². The van der Waals surface area contributed by atoms with Crippen LogP contribution in [0, 0.1) is 0 Å². The summed E-state index contributed by atoms with van der Waals surface area (Å²) in [6, 6.07) is -0.0929. The largest absolute Gasteiger partial charge is 0.371 e.